The quantitative estimate of drug-likeness (QED) is 0.516. The van der Waals surface area contributed by atoms with E-state index in [1.807, 2.05) is 42.5 Å². The molecule has 1 aromatic carbocycles. The van der Waals surface area contributed by atoms with Crippen molar-refractivity contribution in [2.24, 2.45) is 0 Å². The number of anilines is 1. The third-order valence-electron chi connectivity index (χ3n) is 5.21. The molecule has 3 aromatic rings. The molecule has 2 N–H and O–H groups in total. The second-order valence-electron chi connectivity index (χ2n) is 7.27. The van der Waals surface area contributed by atoms with Crippen molar-refractivity contribution in [3.63, 3.8) is 0 Å². The third-order valence-corrected chi connectivity index (χ3v) is 6.63. The van der Waals surface area contributed by atoms with Crippen molar-refractivity contribution in [2.75, 3.05) is 19.0 Å². The van der Waals surface area contributed by atoms with Gasteiger partial charge in [-0.2, -0.15) is 0 Å². The largest absolute Gasteiger partial charge is 0.495 e. The van der Waals surface area contributed by atoms with Gasteiger partial charge in [-0.25, -0.2) is 0 Å². The lowest BCUT2D eigenvalue weighted by atomic mass is 10.0. The molecule has 0 saturated carbocycles. The second-order valence-corrected chi connectivity index (χ2v) is 8.97. The number of nitrogens with one attached hydrogen (secondary N) is 2. The minimum Gasteiger partial charge on any atom is -0.495 e. The van der Waals surface area contributed by atoms with Crippen molar-refractivity contribution in [2.45, 2.75) is 25.4 Å². The number of thiophene rings is 1. The summed E-state index contributed by atoms with van der Waals surface area (Å²) >= 11 is 7.41. The van der Waals surface area contributed by atoms with Crippen molar-refractivity contribution >= 4 is 40.3 Å². The van der Waals surface area contributed by atoms with Crippen molar-refractivity contribution in [1.29, 1.82) is 0 Å². The number of aromatic nitrogens is 1. The molecule has 0 bridgehead atoms. The van der Waals surface area contributed by atoms with E-state index < -0.39 is 0 Å². The Balaban J connectivity index is 1.52. The zero-order chi connectivity index (χ0) is 21.8. The van der Waals surface area contributed by atoms with E-state index in [1.54, 1.807) is 24.6 Å². The number of hydrogen-bond acceptors (Lipinski definition) is 5. The van der Waals surface area contributed by atoms with E-state index in [0.29, 0.717) is 29.5 Å². The Labute approximate surface area is 191 Å². The maximum absolute atomic E-state index is 12.7. The Morgan fingerprint density at radius 2 is 2.03 bits per heavy atom. The number of amides is 1. The molecule has 1 fully saturated rings. The van der Waals surface area contributed by atoms with Crippen LogP contribution in [0.5, 0.6) is 5.75 Å². The van der Waals surface area contributed by atoms with Gasteiger partial charge in [0.2, 0.25) is 5.91 Å². The molecule has 0 radical (unpaired) electrons. The molecule has 1 aliphatic heterocycles. The molecule has 4 rings (SSSR count). The maximum atomic E-state index is 12.7. The normalized spacial score (nSPS) is 18.0. The average molecular weight is 453 g/mol. The van der Waals surface area contributed by atoms with Crippen LogP contribution < -0.4 is 15.4 Å². The van der Waals surface area contributed by atoms with Gasteiger partial charge in [-0.1, -0.05) is 18.2 Å². The highest BCUT2D eigenvalue weighted by Gasteiger charge is 2.40. The van der Waals surface area contributed by atoms with E-state index in [0.717, 1.165) is 5.69 Å². The lowest BCUT2D eigenvalue weighted by Crippen LogP contribution is -2.32. The van der Waals surface area contributed by atoms with Crippen LogP contribution in [-0.2, 0) is 4.79 Å². The minimum absolute atomic E-state index is 0.0137. The number of thiocarbonyl (C=S) groups is 1. The van der Waals surface area contributed by atoms with E-state index in [9.17, 15) is 4.79 Å². The zero-order valence-electron chi connectivity index (χ0n) is 17.4. The van der Waals surface area contributed by atoms with Crippen LogP contribution >= 0.6 is 23.6 Å². The highest BCUT2D eigenvalue weighted by Crippen LogP contribution is 2.41. The predicted octanol–water partition coefficient (Wildman–Crippen LogP) is 4.46. The fraction of sp³-hybridized carbons (Fsp3) is 0.261. The highest BCUT2D eigenvalue weighted by atomic mass is 32.1. The van der Waals surface area contributed by atoms with E-state index in [4.69, 9.17) is 17.0 Å². The Bertz CT molecular complexity index is 1070. The summed E-state index contributed by atoms with van der Waals surface area (Å²) < 4.78 is 5.32. The summed E-state index contributed by atoms with van der Waals surface area (Å²) in [6.45, 7) is 2.59. The lowest BCUT2D eigenvalue weighted by Gasteiger charge is -2.26. The van der Waals surface area contributed by atoms with Crippen molar-refractivity contribution in [1.82, 2.24) is 15.2 Å². The fourth-order valence-corrected chi connectivity index (χ4v) is 5.11. The molecule has 1 amide bonds. The van der Waals surface area contributed by atoms with Crippen LogP contribution in [0.25, 0.3) is 0 Å². The number of hydrogen-bond donors (Lipinski definition) is 2. The number of methoxy groups -OCH3 is 1. The van der Waals surface area contributed by atoms with E-state index in [-0.39, 0.29) is 18.0 Å². The van der Waals surface area contributed by atoms with Crippen LogP contribution in [-0.4, -0.2) is 34.6 Å². The molecule has 2 atom stereocenters. The first-order chi connectivity index (χ1) is 15.1. The van der Waals surface area contributed by atoms with E-state index >= 15 is 0 Å². The van der Waals surface area contributed by atoms with Crippen LogP contribution in [0.2, 0.25) is 0 Å². The van der Waals surface area contributed by atoms with E-state index in [1.165, 1.54) is 9.75 Å². The first kappa shape index (κ1) is 21.3. The predicted molar refractivity (Wildman–Crippen MR) is 127 cm³/mol. The summed E-state index contributed by atoms with van der Waals surface area (Å²) in [5, 5.41) is 6.99. The molecule has 160 valence electrons. The number of carbonyl (C=O) groups is 1. The molecule has 6 nitrogen and oxygen atoms in total. The number of benzene rings is 1. The standard InChI is InChI=1S/C23H24N4O2S2/c1-15-10-11-19(31-15)22-21(17-8-5-6-13-24-17)26-23(30)27(22)14-12-20(28)25-16-7-3-4-9-18(16)29-2/h3-11,13,21-22H,12,14H2,1-2H3,(H,25,28)(H,26,30)/t21-,22-/m1/s1. The molecule has 31 heavy (non-hydrogen) atoms. The highest BCUT2D eigenvalue weighted by molar-refractivity contribution is 7.80. The van der Waals surface area contributed by atoms with Gasteiger partial charge >= 0.3 is 0 Å². The van der Waals surface area contributed by atoms with Crippen LogP contribution in [0.15, 0.2) is 60.8 Å². The summed E-state index contributed by atoms with van der Waals surface area (Å²) in [5.74, 6) is 0.547. The van der Waals surface area contributed by atoms with E-state index in [2.05, 4.69) is 39.6 Å². The summed E-state index contributed by atoms with van der Waals surface area (Å²) in [7, 11) is 1.59. The van der Waals surface area contributed by atoms with Gasteiger partial charge in [-0.05, 0) is 55.5 Å². The van der Waals surface area contributed by atoms with Gasteiger partial charge in [-0.3, -0.25) is 9.78 Å². The molecule has 1 saturated heterocycles. The van der Waals surface area contributed by atoms with Gasteiger partial charge in [0, 0.05) is 28.9 Å². The molecule has 0 unspecified atom stereocenters. The molecule has 0 aliphatic carbocycles. The smallest absolute Gasteiger partial charge is 0.226 e. The number of rotatable bonds is 7. The Morgan fingerprint density at radius 3 is 2.74 bits per heavy atom. The Kier molecular flexibility index (Phi) is 6.48. The number of pyridine rings is 1. The van der Waals surface area contributed by atoms with Crippen LogP contribution in [0, 0.1) is 6.92 Å². The van der Waals surface area contributed by atoms with Gasteiger partial charge in [0.25, 0.3) is 0 Å². The molecule has 2 aromatic heterocycles. The summed E-state index contributed by atoms with van der Waals surface area (Å²) in [4.78, 5) is 21.8. The molecule has 0 spiro atoms. The Morgan fingerprint density at radius 1 is 1.23 bits per heavy atom. The number of carbonyl (C=O) groups excluding carboxylic acids is 1. The fourth-order valence-electron chi connectivity index (χ4n) is 3.75. The monoisotopic (exact) mass is 452 g/mol. The first-order valence-corrected chi connectivity index (χ1v) is 11.3. The van der Waals surface area contributed by atoms with Crippen molar-refractivity contribution in [3.8, 4) is 5.75 Å². The molecular formula is C23H24N4O2S2. The third kappa shape index (κ3) is 4.70. The van der Waals surface area contributed by atoms with Crippen LogP contribution in [0.3, 0.4) is 0 Å². The average Bonchev–Trinajstić information content (AvgIpc) is 3.35. The number of para-hydroxylation sites is 2. The van der Waals surface area contributed by atoms with Gasteiger partial charge in [-0.15, -0.1) is 11.3 Å². The van der Waals surface area contributed by atoms with Crippen molar-refractivity contribution in [3.05, 3.63) is 76.2 Å². The zero-order valence-corrected chi connectivity index (χ0v) is 19.0. The SMILES string of the molecule is COc1ccccc1NC(=O)CCN1C(=S)N[C@H](c2ccccn2)[C@H]1c1ccc(C)s1. The molecule has 8 heteroatoms. The number of nitrogens with zero attached hydrogens (tertiary/aromatic N) is 2. The maximum Gasteiger partial charge on any atom is 0.226 e. The molecule has 1 aliphatic rings. The lowest BCUT2D eigenvalue weighted by molar-refractivity contribution is -0.116. The second kappa shape index (κ2) is 9.45. The van der Waals surface area contributed by atoms with Gasteiger partial charge in [0.15, 0.2) is 5.11 Å². The summed E-state index contributed by atoms with van der Waals surface area (Å²) in [6.07, 6.45) is 2.09. The summed E-state index contributed by atoms with van der Waals surface area (Å²) in [6, 6.07) is 17.4. The molecular weight excluding hydrogens is 428 g/mol. The molecule has 3 heterocycles. The van der Waals surface area contributed by atoms with Crippen molar-refractivity contribution < 1.29 is 9.53 Å². The van der Waals surface area contributed by atoms with Crippen LogP contribution in [0.4, 0.5) is 5.69 Å². The minimum atomic E-state index is -0.0882. The first-order valence-electron chi connectivity index (χ1n) is 10.0. The number of aryl methyl sites for hydroxylation is 1. The van der Waals surface area contributed by atoms with Gasteiger partial charge in [0.1, 0.15) is 5.75 Å². The number of ether oxygens (including phenoxy) is 1. The van der Waals surface area contributed by atoms with Gasteiger partial charge < -0.3 is 20.3 Å². The summed E-state index contributed by atoms with van der Waals surface area (Å²) in [5.41, 5.74) is 1.59. The van der Waals surface area contributed by atoms with Crippen LogP contribution in [0.1, 0.15) is 34.0 Å². The topological polar surface area (TPSA) is 66.5 Å². The van der Waals surface area contributed by atoms with Gasteiger partial charge in [0.05, 0.1) is 30.6 Å². The Hall–Kier alpha value is -2.97.